The third-order valence-corrected chi connectivity index (χ3v) is 1.45. The average Bonchev–Trinajstić information content (AvgIpc) is 1.99. The largest absolute Gasteiger partial charge is 0.458 e. The van der Waals surface area contributed by atoms with E-state index in [1.54, 1.807) is 20.8 Å². The first-order valence-electron chi connectivity index (χ1n) is 4.06. The van der Waals surface area contributed by atoms with E-state index in [1.807, 2.05) is 0 Å². The number of rotatable bonds is 3. The Labute approximate surface area is 82.2 Å². The van der Waals surface area contributed by atoms with Gasteiger partial charge in [0.1, 0.15) is 5.60 Å². The molecule has 0 unspecified atom stereocenters. The Morgan fingerprint density at radius 3 is 2.00 bits per heavy atom. The van der Waals surface area contributed by atoms with Crippen LogP contribution in [0.3, 0.4) is 0 Å². The lowest BCUT2D eigenvalue weighted by molar-refractivity contribution is -0.165. The number of esters is 1. The van der Waals surface area contributed by atoms with Crippen molar-refractivity contribution >= 4 is 11.9 Å². The van der Waals surface area contributed by atoms with Crippen LogP contribution in [0.2, 0.25) is 0 Å². The van der Waals surface area contributed by atoms with Gasteiger partial charge in [-0.2, -0.15) is 0 Å². The summed E-state index contributed by atoms with van der Waals surface area (Å²) in [6.45, 7) is 3.97. The van der Waals surface area contributed by atoms with Gasteiger partial charge < -0.3 is 21.3 Å². The van der Waals surface area contributed by atoms with Crippen molar-refractivity contribution in [1.82, 2.24) is 0 Å². The van der Waals surface area contributed by atoms with Crippen LogP contribution in [0.1, 0.15) is 20.8 Å². The number of nitrogens with two attached hydrogens (primary N) is 2. The van der Waals surface area contributed by atoms with Crippen molar-refractivity contribution in [2.24, 2.45) is 11.5 Å². The van der Waals surface area contributed by atoms with E-state index in [1.165, 1.54) is 0 Å². The van der Waals surface area contributed by atoms with E-state index in [9.17, 15) is 9.59 Å². The molecule has 6 nitrogen and oxygen atoms in total. The molecule has 0 aromatic heterocycles. The molecule has 1 atom stereocenters. The van der Waals surface area contributed by atoms with Crippen LogP contribution in [0.5, 0.6) is 0 Å². The highest BCUT2D eigenvalue weighted by molar-refractivity contribution is 6.06. The molecule has 14 heavy (non-hydrogen) atoms. The van der Waals surface area contributed by atoms with Crippen LogP contribution in [-0.4, -0.2) is 34.7 Å². The maximum atomic E-state index is 11.3. The van der Waals surface area contributed by atoms with Crippen LogP contribution in [0.15, 0.2) is 0 Å². The van der Waals surface area contributed by atoms with E-state index >= 15 is 0 Å². The monoisotopic (exact) mass is 204 g/mol. The van der Waals surface area contributed by atoms with Crippen LogP contribution in [-0.2, 0) is 14.3 Å². The predicted octanol–water partition coefficient (Wildman–Crippen LogP) is -1.50. The fourth-order valence-electron chi connectivity index (χ4n) is 0.612. The van der Waals surface area contributed by atoms with E-state index < -0.39 is 29.6 Å². The summed E-state index contributed by atoms with van der Waals surface area (Å²) in [5.41, 5.74) is 7.22. The number of carbonyl (C=O) groups is 2. The molecule has 1 amide bonds. The number of carbonyl (C=O) groups excluding carboxylic acids is 2. The van der Waals surface area contributed by atoms with E-state index in [0.717, 1.165) is 0 Å². The van der Waals surface area contributed by atoms with Crippen molar-refractivity contribution in [3.05, 3.63) is 0 Å². The second kappa shape index (κ2) is 3.93. The molecule has 0 aromatic rings. The lowest BCUT2D eigenvalue weighted by Crippen LogP contribution is -2.62. The van der Waals surface area contributed by atoms with Crippen molar-refractivity contribution in [3.63, 3.8) is 0 Å². The zero-order valence-corrected chi connectivity index (χ0v) is 8.53. The van der Waals surface area contributed by atoms with E-state index in [0.29, 0.717) is 0 Å². The Morgan fingerprint density at radius 2 is 1.79 bits per heavy atom. The Balaban J connectivity index is 4.73. The summed E-state index contributed by atoms with van der Waals surface area (Å²) in [5, 5.41) is 8.80. The van der Waals surface area contributed by atoms with Gasteiger partial charge in [-0.05, 0) is 20.8 Å². The maximum absolute atomic E-state index is 11.3. The average molecular weight is 204 g/mol. The van der Waals surface area contributed by atoms with Crippen LogP contribution in [0.25, 0.3) is 0 Å². The third-order valence-electron chi connectivity index (χ3n) is 1.45. The third kappa shape index (κ3) is 2.97. The highest BCUT2D eigenvalue weighted by Gasteiger charge is 2.43. The molecule has 82 valence electrons. The van der Waals surface area contributed by atoms with Gasteiger partial charge in [0.05, 0.1) is 6.61 Å². The molecule has 0 saturated carbocycles. The smallest absolute Gasteiger partial charge is 0.338 e. The molecule has 0 bridgehead atoms. The molecular weight excluding hydrogens is 188 g/mol. The molecule has 0 radical (unpaired) electrons. The van der Waals surface area contributed by atoms with Crippen molar-refractivity contribution in [3.8, 4) is 0 Å². The zero-order chi connectivity index (χ0) is 11.6. The molecule has 6 heteroatoms. The summed E-state index contributed by atoms with van der Waals surface area (Å²) >= 11 is 0. The Morgan fingerprint density at radius 1 is 1.36 bits per heavy atom. The Bertz CT molecular complexity index is 246. The van der Waals surface area contributed by atoms with Gasteiger partial charge in [0.2, 0.25) is 5.54 Å². The summed E-state index contributed by atoms with van der Waals surface area (Å²) in [5.74, 6) is -2.14. The molecule has 0 saturated heterocycles. The molecule has 0 rings (SSSR count). The first kappa shape index (κ1) is 12.9. The second-order valence-electron chi connectivity index (χ2n) is 4.00. The fraction of sp³-hybridized carbons (Fsp3) is 0.750. The zero-order valence-electron chi connectivity index (χ0n) is 8.53. The number of aliphatic hydroxyl groups is 1. The topological polar surface area (TPSA) is 116 Å². The van der Waals surface area contributed by atoms with Gasteiger partial charge >= 0.3 is 5.97 Å². The van der Waals surface area contributed by atoms with Crippen LogP contribution in [0.4, 0.5) is 0 Å². The molecular formula is C8H16N2O4. The van der Waals surface area contributed by atoms with Crippen LogP contribution >= 0.6 is 0 Å². The number of hydrogen-bond acceptors (Lipinski definition) is 5. The first-order chi connectivity index (χ1) is 6.13. The fourth-order valence-corrected chi connectivity index (χ4v) is 0.612. The summed E-state index contributed by atoms with van der Waals surface area (Å²) in [7, 11) is 0. The van der Waals surface area contributed by atoms with Crippen molar-refractivity contribution in [2.75, 3.05) is 6.61 Å². The lowest BCUT2D eigenvalue weighted by Gasteiger charge is -2.27. The highest BCUT2D eigenvalue weighted by atomic mass is 16.6. The minimum absolute atomic E-state index is 0.785. The first-order valence-corrected chi connectivity index (χ1v) is 4.06. The van der Waals surface area contributed by atoms with Crippen LogP contribution < -0.4 is 11.5 Å². The van der Waals surface area contributed by atoms with Gasteiger partial charge in [0.25, 0.3) is 5.91 Å². The molecule has 0 aromatic carbocycles. The number of hydrogen-bond donors (Lipinski definition) is 3. The van der Waals surface area contributed by atoms with E-state index in [4.69, 9.17) is 21.3 Å². The van der Waals surface area contributed by atoms with Gasteiger partial charge in [-0.25, -0.2) is 4.79 Å². The SMILES string of the molecule is CC(C)(C)OC(=O)[C@](N)(CO)C(N)=O. The number of amides is 1. The molecule has 0 aliphatic rings. The Hall–Kier alpha value is -1.14. The predicted molar refractivity (Wildman–Crippen MR) is 49.0 cm³/mol. The van der Waals surface area contributed by atoms with Gasteiger partial charge in [0, 0.05) is 0 Å². The summed E-state index contributed by atoms with van der Waals surface area (Å²) in [6, 6.07) is 0. The summed E-state index contributed by atoms with van der Waals surface area (Å²) < 4.78 is 4.83. The molecule has 0 fully saturated rings. The van der Waals surface area contributed by atoms with Crippen LogP contribution in [0, 0.1) is 0 Å². The minimum atomic E-state index is -2.16. The number of ether oxygens (including phenoxy) is 1. The molecule has 5 N–H and O–H groups in total. The highest BCUT2D eigenvalue weighted by Crippen LogP contribution is 2.12. The molecule has 0 aliphatic heterocycles. The lowest BCUT2D eigenvalue weighted by atomic mass is 10.0. The van der Waals surface area contributed by atoms with E-state index in [-0.39, 0.29) is 0 Å². The Kier molecular flexibility index (Phi) is 3.61. The minimum Gasteiger partial charge on any atom is -0.458 e. The second-order valence-corrected chi connectivity index (χ2v) is 4.00. The van der Waals surface area contributed by atoms with Gasteiger partial charge in [-0.1, -0.05) is 0 Å². The van der Waals surface area contributed by atoms with Gasteiger partial charge in [-0.3, -0.25) is 4.79 Å². The number of aliphatic hydroxyl groups excluding tert-OH is 1. The van der Waals surface area contributed by atoms with Crippen molar-refractivity contribution in [1.29, 1.82) is 0 Å². The quantitative estimate of drug-likeness (QED) is 0.382. The normalized spacial score (nSPS) is 15.8. The molecule has 0 spiro atoms. The standard InChI is InChI=1S/C8H16N2O4/c1-7(2,3)14-6(13)8(10,4-11)5(9)12/h11H,4,10H2,1-3H3,(H2,9,12)/t8-/m0/s1. The molecule has 0 aliphatic carbocycles. The maximum Gasteiger partial charge on any atom is 0.338 e. The van der Waals surface area contributed by atoms with Crippen molar-refractivity contribution in [2.45, 2.75) is 31.9 Å². The van der Waals surface area contributed by atoms with Gasteiger partial charge in [-0.15, -0.1) is 0 Å². The molecule has 0 heterocycles. The van der Waals surface area contributed by atoms with Gasteiger partial charge in [0.15, 0.2) is 0 Å². The van der Waals surface area contributed by atoms with E-state index in [2.05, 4.69) is 0 Å². The summed E-state index contributed by atoms with van der Waals surface area (Å²) in [6.07, 6.45) is 0. The number of primary amides is 1. The van der Waals surface area contributed by atoms with Crippen molar-refractivity contribution < 1.29 is 19.4 Å². The summed E-state index contributed by atoms with van der Waals surface area (Å²) in [4.78, 5) is 22.2.